The Kier molecular flexibility index (Phi) is 5.15. The third-order valence-corrected chi connectivity index (χ3v) is 2.12. The van der Waals surface area contributed by atoms with E-state index < -0.39 is 5.97 Å². The van der Waals surface area contributed by atoms with Crippen LogP contribution in [-0.2, 0) is 16.0 Å². The maximum atomic E-state index is 10.2. The number of hydrogen-bond donors (Lipinski definition) is 1. The van der Waals surface area contributed by atoms with Gasteiger partial charge in [-0.15, -0.1) is 0 Å². The molecule has 1 N–H and O–H groups in total. The minimum absolute atomic E-state index is 0.0511. The number of ether oxygens (including phenoxy) is 1. The van der Waals surface area contributed by atoms with Crippen molar-refractivity contribution >= 4 is 17.6 Å². The molecule has 0 aromatic heterocycles. The summed E-state index contributed by atoms with van der Waals surface area (Å²) in [6.07, 6.45) is 0.801. The van der Waals surface area contributed by atoms with Crippen LogP contribution in [0.4, 0.5) is 0 Å². The van der Waals surface area contributed by atoms with E-state index in [-0.39, 0.29) is 13.0 Å². The zero-order chi connectivity index (χ0) is 11.1. The average molecular weight is 229 g/mol. The fraction of sp³-hybridized carbons (Fsp3) is 0.364. The van der Waals surface area contributed by atoms with E-state index >= 15 is 0 Å². The smallest absolute Gasteiger partial charge is 0.305 e. The molecule has 0 fully saturated rings. The van der Waals surface area contributed by atoms with Crippen molar-refractivity contribution in [2.75, 3.05) is 13.2 Å². The number of carboxylic acids is 1. The van der Waals surface area contributed by atoms with Gasteiger partial charge in [-0.05, 0) is 24.1 Å². The van der Waals surface area contributed by atoms with Crippen LogP contribution in [0.1, 0.15) is 12.0 Å². The van der Waals surface area contributed by atoms with Crippen molar-refractivity contribution in [3.63, 3.8) is 0 Å². The second kappa shape index (κ2) is 6.43. The van der Waals surface area contributed by atoms with Gasteiger partial charge in [0, 0.05) is 5.02 Å². The van der Waals surface area contributed by atoms with Crippen molar-refractivity contribution in [3.8, 4) is 0 Å². The average Bonchev–Trinajstić information content (AvgIpc) is 2.17. The molecule has 0 aliphatic rings. The second-order valence-corrected chi connectivity index (χ2v) is 3.57. The Morgan fingerprint density at radius 2 is 2.20 bits per heavy atom. The lowest BCUT2D eigenvalue weighted by atomic mass is 10.2. The summed E-state index contributed by atoms with van der Waals surface area (Å²) in [5, 5.41) is 9.08. The standard InChI is InChI=1S/C11H13ClO3/c12-10-3-1-2-9(8-10)4-6-15-7-5-11(13)14/h1-3,8H,4-7H2,(H,13,14). The summed E-state index contributed by atoms with van der Waals surface area (Å²) in [6, 6.07) is 7.54. The predicted octanol–water partition coefficient (Wildman–Crippen LogP) is 2.37. The molecular formula is C11H13ClO3. The lowest BCUT2D eigenvalue weighted by Gasteiger charge is -2.03. The number of halogens is 1. The van der Waals surface area contributed by atoms with Crippen molar-refractivity contribution in [1.29, 1.82) is 0 Å². The third kappa shape index (κ3) is 5.40. The van der Waals surface area contributed by atoms with Crippen LogP contribution in [0, 0.1) is 0 Å². The number of aliphatic carboxylic acids is 1. The van der Waals surface area contributed by atoms with Crippen molar-refractivity contribution in [1.82, 2.24) is 0 Å². The Morgan fingerprint density at radius 3 is 2.87 bits per heavy atom. The van der Waals surface area contributed by atoms with Gasteiger partial charge in [-0.25, -0.2) is 0 Å². The highest BCUT2D eigenvalue weighted by molar-refractivity contribution is 6.30. The molecule has 0 saturated carbocycles. The molecule has 82 valence electrons. The van der Waals surface area contributed by atoms with Crippen LogP contribution in [0.5, 0.6) is 0 Å². The molecule has 15 heavy (non-hydrogen) atoms. The summed E-state index contributed by atoms with van der Waals surface area (Å²) >= 11 is 5.81. The Balaban J connectivity index is 2.17. The quantitative estimate of drug-likeness (QED) is 0.761. The van der Waals surface area contributed by atoms with E-state index in [0.717, 1.165) is 12.0 Å². The first kappa shape index (κ1) is 12.0. The molecule has 0 aliphatic carbocycles. The minimum atomic E-state index is -0.835. The first-order valence-corrected chi connectivity index (χ1v) is 5.10. The maximum absolute atomic E-state index is 10.2. The summed E-state index contributed by atoms with van der Waals surface area (Å²) in [6.45, 7) is 0.781. The fourth-order valence-corrected chi connectivity index (χ4v) is 1.36. The van der Waals surface area contributed by atoms with Gasteiger partial charge in [-0.1, -0.05) is 23.7 Å². The highest BCUT2D eigenvalue weighted by Crippen LogP contribution is 2.10. The molecule has 0 radical (unpaired) electrons. The molecule has 0 amide bonds. The molecule has 0 spiro atoms. The molecule has 0 atom stereocenters. The Bertz CT molecular complexity index is 325. The lowest BCUT2D eigenvalue weighted by Crippen LogP contribution is -2.05. The Labute approximate surface area is 93.6 Å². The van der Waals surface area contributed by atoms with Gasteiger partial charge in [0.15, 0.2) is 0 Å². The SMILES string of the molecule is O=C(O)CCOCCc1cccc(Cl)c1. The summed E-state index contributed by atoms with van der Waals surface area (Å²) in [5.74, 6) is -0.835. The highest BCUT2D eigenvalue weighted by atomic mass is 35.5. The monoisotopic (exact) mass is 228 g/mol. The summed E-state index contributed by atoms with van der Waals surface area (Å²) in [5.41, 5.74) is 1.10. The Morgan fingerprint density at radius 1 is 1.40 bits per heavy atom. The molecule has 0 aliphatic heterocycles. The van der Waals surface area contributed by atoms with Crippen LogP contribution in [0.15, 0.2) is 24.3 Å². The van der Waals surface area contributed by atoms with Gasteiger partial charge in [0.1, 0.15) is 0 Å². The predicted molar refractivity (Wildman–Crippen MR) is 58.2 cm³/mol. The number of benzene rings is 1. The zero-order valence-electron chi connectivity index (χ0n) is 8.28. The molecule has 0 unspecified atom stereocenters. The number of carboxylic acid groups (broad SMARTS) is 1. The van der Waals surface area contributed by atoms with Gasteiger partial charge in [0.2, 0.25) is 0 Å². The van der Waals surface area contributed by atoms with Crippen LogP contribution in [0.2, 0.25) is 5.02 Å². The van der Waals surface area contributed by atoms with E-state index in [2.05, 4.69) is 0 Å². The number of hydrogen-bond acceptors (Lipinski definition) is 2. The molecule has 1 aromatic carbocycles. The number of carbonyl (C=O) groups is 1. The third-order valence-electron chi connectivity index (χ3n) is 1.88. The zero-order valence-corrected chi connectivity index (χ0v) is 9.04. The van der Waals surface area contributed by atoms with Crippen LogP contribution in [0.3, 0.4) is 0 Å². The first-order valence-electron chi connectivity index (χ1n) is 4.72. The van der Waals surface area contributed by atoms with Crippen molar-refractivity contribution < 1.29 is 14.6 Å². The molecule has 1 aromatic rings. The Hall–Kier alpha value is -1.06. The van der Waals surface area contributed by atoms with E-state index in [0.29, 0.717) is 11.6 Å². The van der Waals surface area contributed by atoms with Crippen LogP contribution in [0.25, 0.3) is 0 Å². The van der Waals surface area contributed by atoms with Gasteiger partial charge in [-0.2, -0.15) is 0 Å². The maximum Gasteiger partial charge on any atom is 0.305 e. The number of rotatable bonds is 6. The van der Waals surface area contributed by atoms with E-state index in [9.17, 15) is 4.79 Å². The van der Waals surface area contributed by atoms with E-state index in [1.807, 2.05) is 24.3 Å². The van der Waals surface area contributed by atoms with Crippen LogP contribution >= 0.6 is 11.6 Å². The highest BCUT2D eigenvalue weighted by Gasteiger charge is 1.97. The van der Waals surface area contributed by atoms with Crippen molar-refractivity contribution in [3.05, 3.63) is 34.9 Å². The van der Waals surface area contributed by atoms with Gasteiger partial charge in [0.05, 0.1) is 19.6 Å². The van der Waals surface area contributed by atoms with Crippen molar-refractivity contribution in [2.45, 2.75) is 12.8 Å². The van der Waals surface area contributed by atoms with Gasteiger partial charge < -0.3 is 9.84 Å². The van der Waals surface area contributed by atoms with Gasteiger partial charge in [0.25, 0.3) is 0 Å². The van der Waals surface area contributed by atoms with E-state index in [1.165, 1.54) is 0 Å². The van der Waals surface area contributed by atoms with Crippen molar-refractivity contribution in [2.24, 2.45) is 0 Å². The molecule has 0 saturated heterocycles. The van der Waals surface area contributed by atoms with Crippen LogP contribution < -0.4 is 0 Å². The molecule has 1 rings (SSSR count). The van der Waals surface area contributed by atoms with Crippen LogP contribution in [-0.4, -0.2) is 24.3 Å². The summed E-state index contributed by atoms with van der Waals surface area (Å²) in [7, 11) is 0. The molecule has 0 bridgehead atoms. The van der Waals surface area contributed by atoms with Gasteiger partial charge >= 0.3 is 5.97 Å². The van der Waals surface area contributed by atoms with E-state index in [1.54, 1.807) is 0 Å². The lowest BCUT2D eigenvalue weighted by molar-refractivity contribution is -0.138. The topological polar surface area (TPSA) is 46.5 Å². The molecular weight excluding hydrogens is 216 g/mol. The second-order valence-electron chi connectivity index (χ2n) is 3.14. The van der Waals surface area contributed by atoms with E-state index in [4.69, 9.17) is 21.4 Å². The minimum Gasteiger partial charge on any atom is -0.481 e. The first-order chi connectivity index (χ1) is 7.18. The largest absolute Gasteiger partial charge is 0.481 e. The normalized spacial score (nSPS) is 10.2. The van der Waals surface area contributed by atoms with Gasteiger partial charge in [-0.3, -0.25) is 4.79 Å². The molecule has 4 heteroatoms. The summed E-state index contributed by atoms with van der Waals surface area (Å²) in [4.78, 5) is 10.2. The summed E-state index contributed by atoms with van der Waals surface area (Å²) < 4.78 is 5.16. The fourth-order valence-electron chi connectivity index (χ4n) is 1.14. The molecule has 0 heterocycles. The molecule has 3 nitrogen and oxygen atoms in total.